The van der Waals surface area contributed by atoms with Gasteiger partial charge in [-0.15, -0.1) is 0 Å². The first-order chi connectivity index (χ1) is 11.3. The van der Waals surface area contributed by atoms with Gasteiger partial charge in [-0.2, -0.15) is 0 Å². The van der Waals surface area contributed by atoms with Crippen molar-refractivity contribution >= 4 is 15.9 Å². The molecule has 2 saturated heterocycles. The summed E-state index contributed by atoms with van der Waals surface area (Å²) in [5, 5.41) is 0. The molecule has 2 heterocycles. The van der Waals surface area contributed by atoms with Gasteiger partial charge in [-0.05, 0) is 37.3 Å². The van der Waals surface area contributed by atoms with Crippen LogP contribution >= 0.6 is 0 Å². The minimum absolute atomic E-state index is 0.0585. The Morgan fingerprint density at radius 2 is 2.08 bits per heavy atom. The number of rotatable bonds is 4. The minimum atomic E-state index is -3.16. The van der Waals surface area contributed by atoms with Crippen molar-refractivity contribution in [1.29, 1.82) is 0 Å². The molecule has 3 rings (SSSR count). The molecule has 6 nitrogen and oxygen atoms in total. The van der Waals surface area contributed by atoms with Crippen LogP contribution in [0.2, 0.25) is 0 Å². The molecule has 2 aliphatic heterocycles. The van der Waals surface area contributed by atoms with Crippen LogP contribution in [0.15, 0.2) is 24.3 Å². The van der Waals surface area contributed by atoms with Crippen LogP contribution in [0.25, 0.3) is 0 Å². The lowest BCUT2D eigenvalue weighted by Gasteiger charge is -2.52. The summed E-state index contributed by atoms with van der Waals surface area (Å²) in [6.45, 7) is 4.13. The zero-order valence-electron chi connectivity index (χ0n) is 14.1. The number of hydrogen-bond donors (Lipinski definition) is 1. The second-order valence-electron chi connectivity index (χ2n) is 7.00. The van der Waals surface area contributed by atoms with Gasteiger partial charge in [-0.25, -0.2) is 13.1 Å². The maximum Gasteiger partial charge on any atom is 0.254 e. The highest BCUT2D eigenvalue weighted by molar-refractivity contribution is 7.88. The molecule has 0 aliphatic carbocycles. The number of likely N-dealkylation sites (tertiary alicyclic amines) is 1. The predicted octanol–water partition coefficient (Wildman–Crippen LogP) is 1.17. The number of nitrogens with zero attached hydrogens (tertiary/aromatic N) is 1. The molecule has 1 amide bonds. The predicted molar refractivity (Wildman–Crippen MR) is 91.3 cm³/mol. The average Bonchev–Trinajstić information content (AvgIpc) is 2.50. The summed E-state index contributed by atoms with van der Waals surface area (Å²) in [5.41, 5.74) is 1.50. The topological polar surface area (TPSA) is 75.7 Å². The molecular weight excluding hydrogens is 328 g/mol. The Morgan fingerprint density at radius 3 is 2.67 bits per heavy atom. The molecule has 0 bridgehead atoms. The lowest BCUT2D eigenvalue weighted by Crippen LogP contribution is -2.66. The van der Waals surface area contributed by atoms with Crippen molar-refractivity contribution < 1.29 is 17.9 Å². The zero-order chi connectivity index (χ0) is 17.4. The van der Waals surface area contributed by atoms with Crippen molar-refractivity contribution in [3.8, 4) is 0 Å². The monoisotopic (exact) mass is 352 g/mol. The lowest BCUT2D eigenvalue weighted by molar-refractivity contribution is -0.165. The normalized spacial score (nSPS) is 23.1. The maximum absolute atomic E-state index is 12.5. The quantitative estimate of drug-likeness (QED) is 0.882. The largest absolute Gasteiger partial charge is 0.371 e. The van der Waals surface area contributed by atoms with Crippen LogP contribution in [0.4, 0.5) is 0 Å². The molecule has 2 aliphatic rings. The number of carbonyl (C=O) groups is 1. The van der Waals surface area contributed by atoms with Crippen LogP contribution in [-0.4, -0.2) is 57.3 Å². The molecule has 1 atom stereocenters. The summed E-state index contributed by atoms with van der Waals surface area (Å²) in [5.74, 6) is 0.259. The van der Waals surface area contributed by atoms with E-state index in [0.29, 0.717) is 26.2 Å². The van der Waals surface area contributed by atoms with Crippen molar-refractivity contribution in [1.82, 2.24) is 9.62 Å². The van der Waals surface area contributed by atoms with E-state index >= 15 is 0 Å². The molecule has 1 unspecified atom stereocenters. The Hall–Kier alpha value is -1.44. The molecular formula is C17H24N2O4S. The summed E-state index contributed by atoms with van der Waals surface area (Å²) in [4.78, 5) is 14.4. The molecule has 1 spiro atoms. The van der Waals surface area contributed by atoms with Crippen LogP contribution < -0.4 is 4.72 Å². The van der Waals surface area contributed by atoms with Gasteiger partial charge in [0, 0.05) is 12.1 Å². The van der Waals surface area contributed by atoms with E-state index in [1.807, 2.05) is 36.1 Å². The van der Waals surface area contributed by atoms with E-state index in [-0.39, 0.29) is 17.4 Å². The third kappa shape index (κ3) is 3.79. The van der Waals surface area contributed by atoms with Gasteiger partial charge in [0.15, 0.2) is 0 Å². The standard InChI is InChI=1S/C17H24N2O4S/c1-13-5-3-4-6-15(13)16(20)19-11-17(12-19)8-7-14(10-23-17)9-18-24(2,21)22/h3-6,14,18H,7-12H2,1-2H3. The van der Waals surface area contributed by atoms with Crippen LogP contribution in [0.5, 0.6) is 0 Å². The number of sulfonamides is 1. The molecule has 2 fully saturated rings. The Balaban J connectivity index is 1.50. The first-order valence-electron chi connectivity index (χ1n) is 8.22. The summed E-state index contributed by atoms with van der Waals surface area (Å²) in [6.07, 6.45) is 2.94. The number of amides is 1. The summed E-state index contributed by atoms with van der Waals surface area (Å²) in [6, 6.07) is 7.61. The van der Waals surface area contributed by atoms with Crippen LogP contribution in [0.3, 0.4) is 0 Å². The molecule has 1 N–H and O–H groups in total. The van der Waals surface area contributed by atoms with Gasteiger partial charge in [0.2, 0.25) is 10.0 Å². The van der Waals surface area contributed by atoms with Crippen molar-refractivity contribution in [2.75, 3.05) is 32.5 Å². The zero-order valence-corrected chi connectivity index (χ0v) is 14.9. The fourth-order valence-electron chi connectivity index (χ4n) is 3.37. The van der Waals surface area contributed by atoms with Crippen LogP contribution in [0, 0.1) is 12.8 Å². The molecule has 0 saturated carbocycles. The fraction of sp³-hybridized carbons (Fsp3) is 0.588. The van der Waals surface area contributed by atoms with Crippen molar-refractivity contribution in [2.45, 2.75) is 25.4 Å². The van der Waals surface area contributed by atoms with Crippen LogP contribution in [-0.2, 0) is 14.8 Å². The Kier molecular flexibility index (Phi) is 4.68. The van der Waals surface area contributed by atoms with Crippen molar-refractivity contribution in [3.63, 3.8) is 0 Å². The second kappa shape index (κ2) is 6.46. The summed E-state index contributed by atoms with van der Waals surface area (Å²) < 4.78 is 30.8. The van der Waals surface area contributed by atoms with E-state index < -0.39 is 10.0 Å². The first kappa shape index (κ1) is 17.4. The summed E-state index contributed by atoms with van der Waals surface area (Å²) >= 11 is 0. The van der Waals surface area contributed by atoms with E-state index in [4.69, 9.17) is 4.74 Å². The van der Waals surface area contributed by atoms with Gasteiger partial charge in [0.25, 0.3) is 5.91 Å². The van der Waals surface area contributed by atoms with E-state index in [1.54, 1.807) is 0 Å². The highest BCUT2D eigenvalue weighted by atomic mass is 32.2. The van der Waals surface area contributed by atoms with Gasteiger partial charge in [0.05, 0.1) is 26.0 Å². The second-order valence-corrected chi connectivity index (χ2v) is 8.83. The van der Waals surface area contributed by atoms with Crippen molar-refractivity contribution in [3.05, 3.63) is 35.4 Å². The third-order valence-corrected chi connectivity index (χ3v) is 5.58. The van der Waals surface area contributed by atoms with Gasteiger partial charge in [-0.3, -0.25) is 4.79 Å². The smallest absolute Gasteiger partial charge is 0.254 e. The minimum Gasteiger partial charge on any atom is -0.371 e. The molecule has 7 heteroatoms. The Labute approximate surface area is 143 Å². The molecule has 0 aromatic heterocycles. The van der Waals surface area contributed by atoms with Gasteiger partial charge in [0.1, 0.15) is 5.60 Å². The first-order valence-corrected chi connectivity index (χ1v) is 10.1. The number of carbonyl (C=O) groups excluding carboxylic acids is 1. The van der Waals surface area contributed by atoms with Gasteiger partial charge in [-0.1, -0.05) is 18.2 Å². The highest BCUT2D eigenvalue weighted by Gasteiger charge is 2.48. The number of ether oxygens (including phenoxy) is 1. The number of aryl methyl sites for hydroxylation is 1. The number of hydrogen-bond acceptors (Lipinski definition) is 4. The molecule has 132 valence electrons. The Morgan fingerprint density at radius 1 is 1.38 bits per heavy atom. The van der Waals surface area contributed by atoms with E-state index in [0.717, 1.165) is 24.0 Å². The fourth-order valence-corrected chi connectivity index (χ4v) is 3.91. The van der Waals surface area contributed by atoms with E-state index in [1.165, 1.54) is 6.26 Å². The molecule has 24 heavy (non-hydrogen) atoms. The average molecular weight is 352 g/mol. The SMILES string of the molecule is Cc1ccccc1C(=O)N1CC2(CCC(CNS(C)(=O)=O)CO2)C1. The summed E-state index contributed by atoms with van der Waals surface area (Å²) in [7, 11) is -3.16. The van der Waals surface area contributed by atoms with E-state index in [9.17, 15) is 13.2 Å². The molecule has 0 radical (unpaired) electrons. The lowest BCUT2D eigenvalue weighted by atomic mass is 9.82. The third-order valence-electron chi connectivity index (χ3n) is 4.89. The Bertz CT molecular complexity index is 716. The van der Waals surface area contributed by atoms with Crippen molar-refractivity contribution in [2.24, 2.45) is 5.92 Å². The molecule has 1 aromatic rings. The number of nitrogens with one attached hydrogen (secondary N) is 1. The highest BCUT2D eigenvalue weighted by Crippen LogP contribution is 2.36. The molecule has 1 aromatic carbocycles. The van der Waals surface area contributed by atoms with E-state index in [2.05, 4.69) is 4.72 Å². The maximum atomic E-state index is 12.5. The number of benzene rings is 1. The van der Waals surface area contributed by atoms with Crippen LogP contribution in [0.1, 0.15) is 28.8 Å². The van der Waals surface area contributed by atoms with Gasteiger partial charge >= 0.3 is 0 Å². The van der Waals surface area contributed by atoms with Gasteiger partial charge < -0.3 is 9.64 Å².